The van der Waals surface area contributed by atoms with Crippen LogP contribution in [-0.4, -0.2) is 41.8 Å². The number of anilines is 1. The van der Waals surface area contributed by atoms with Crippen LogP contribution in [0.15, 0.2) is 61.1 Å². The zero-order chi connectivity index (χ0) is 26.5. The van der Waals surface area contributed by atoms with Gasteiger partial charge in [-0.2, -0.15) is 5.10 Å². The first-order valence-electron chi connectivity index (χ1n) is 12.7. The summed E-state index contributed by atoms with van der Waals surface area (Å²) in [7, 11) is 0. The van der Waals surface area contributed by atoms with Crippen LogP contribution >= 0.6 is 11.3 Å². The van der Waals surface area contributed by atoms with Crippen molar-refractivity contribution in [3.63, 3.8) is 0 Å². The number of amides is 1. The Labute approximate surface area is 226 Å². The molecule has 1 saturated carbocycles. The number of nitrogens with one attached hydrogen (secondary N) is 3. The number of nitrogens with zero attached hydrogens (tertiary/aromatic N) is 4. The summed E-state index contributed by atoms with van der Waals surface area (Å²) < 4.78 is 0. The smallest absolute Gasteiger partial charge is 0.227 e. The number of H-pyrrole nitrogens is 2. The minimum Gasteiger partial charge on any atom is -0.337 e. The number of fused-ring (bicyclic) bond motifs is 2. The molecule has 1 amide bonds. The lowest BCUT2D eigenvalue weighted by atomic mass is 9.85. The van der Waals surface area contributed by atoms with E-state index in [1.54, 1.807) is 25.5 Å². The molecule has 0 atom stereocenters. The third-order valence-electron chi connectivity index (χ3n) is 7.19. The number of thiophene rings is 1. The lowest BCUT2D eigenvalue weighted by Crippen LogP contribution is -2.28. The molecular weight excluding hydrogens is 510 g/mol. The highest BCUT2D eigenvalue weighted by Gasteiger charge is 2.25. The zero-order valence-electron chi connectivity index (χ0n) is 21.0. The summed E-state index contributed by atoms with van der Waals surface area (Å²) in [6.45, 7) is 1.57. The molecule has 1 aliphatic carbocycles. The molecule has 5 heterocycles. The minimum atomic E-state index is 0.0499. The second kappa shape index (κ2) is 9.25. The molecule has 0 saturated heterocycles. The average molecular weight is 534 g/mol. The molecule has 0 aliphatic heterocycles. The van der Waals surface area contributed by atoms with Gasteiger partial charge in [-0.25, -0.2) is 9.97 Å². The van der Waals surface area contributed by atoms with E-state index < -0.39 is 0 Å². The van der Waals surface area contributed by atoms with Crippen molar-refractivity contribution in [3.05, 3.63) is 65.9 Å². The molecule has 1 aromatic carbocycles. The van der Waals surface area contributed by atoms with E-state index in [1.165, 1.54) is 11.3 Å². The maximum atomic E-state index is 12.4. The summed E-state index contributed by atoms with van der Waals surface area (Å²) in [5, 5.41) is 11.3. The van der Waals surface area contributed by atoms with Gasteiger partial charge >= 0.3 is 0 Å². The molecule has 0 radical (unpaired) electrons. The Hall–Kier alpha value is -4.70. The molecule has 9 nitrogen and oxygen atoms in total. The van der Waals surface area contributed by atoms with E-state index in [0.29, 0.717) is 22.9 Å². The molecule has 3 N–H and O–H groups in total. The molecule has 0 bridgehead atoms. The minimum absolute atomic E-state index is 0.0499. The third kappa shape index (κ3) is 4.18. The summed E-state index contributed by atoms with van der Waals surface area (Å²) >= 11 is 1.46. The highest BCUT2D eigenvalue weighted by Crippen LogP contribution is 2.35. The molecule has 192 valence electrons. The SMILES string of the molecule is CC(=O)c1ccc(-c2cccc3[nH]c(-c4n[nH]c5ncc(-c6cncc(NC(=O)C7CCC7)c6)cc45)nc23)s1. The largest absolute Gasteiger partial charge is 0.337 e. The monoisotopic (exact) mass is 533 g/mol. The lowest BCUT2D eigenvalue weighted by molar-refractivity contribution is -0.122. The first-order valence-corrected chi connectivity index (χ1v) is 13.6. The number of hydrogen-bond acceptors (Lipinski definition) is 7. The maximum Gasteiger partial charge on any atom is 0.227 e. The highest BCUT2D eigenvalue weighted by molar-refractivity contribution is 7.17. The molecule has 0 spiro atoms. The highest BCUT2D eigenvalue weighted by atomic mass is 32.1. The predicted molar refractivity (Wildman–Crippen MR) is 151 cm³/mol. The Balaban J connectivity index is 1.25. The van der Waals surface area contributed by atoms with Gasteiger partial charge in [-0.3, -0.25) is 19.7 Å². The Bertz CT molecular complexity index is 1900. The number of para-hydroxylation sites is 1. The van der Waals surface area contributed by atoms with Gasteiger partial charge in [0.2, 0.25) is 5.91 Å². The van der Waals surface area contributed by atoms with Crippen molar-refractivity contribution in [2.45, 2.75) is 26.2 Å². The van der Waals surface area contributed by atoms with Crippen molar-refractivity contribution >= 4 is 50.8 Å². The Morgan fingerprint density at radius 3 is 2.72 bits per heavy atom. The number of benzene rings is 1. The first-order chi connectivity index (χ1) is 19.0. The normalized spacial score (nSPS) is 13.6. The fourth-order valence-corrected chi connectivity index (χ4v) is 5.77. The Morgan fingerprint density at radius 2 is 1.92 bits per heavy atom. The van der Waals surface area contributed by atoms with Crippen molar-refractivity contribution in [2.75, 3.05) is 5.32 Å². The van der Waals surface area contributed by atoms with Crippen molar-refractivity contribution < 1.29 is 9.59 Å². The molecule has 39 heavy (non-hydrogen) atoms. The molecule has 1 fully saturated rings. The quantitative estimate of drug-likeness (QED) is 0.218. The van der Waals surface area contributed by atoms with Gasteiger partial charge < -0.3 is 10.3 Å². The van der Waals surface area contributed by atoms with Gasteiger partial charge in [0.25, 0.3) is 0 Å². The summed E-state index contributed by atoms with van der Waals surface area (Å²) in [5.41, 5.74) is 6.30. The van der Waals surface area contributed by atoms with E-state index in [9.17, 15) is 9.59 Å². The van der Waals surface area contributed by atoms with Gasteiger partial charge in [-0.15, -0.1) is 11.3 Å². The van der Waals surface area contributed by atoms with Gasteiger partial charge in [0.15, 0.2) is 17.3 Å². The number of carbonyl (C=O) groups is 2. The number of imidazole rings is 1. The van der Waals surface area contributed by atoms with Crippen molar-refractivity contribution in [1.82, 2.24) is 30.1 Å². The number of pyridine rings is 2. The number of ketones is 1. The van der Waals surface area contributed by atoms with Crippen LogP contribution < -0.4 is 5.32 Å². The Kier molecular flexibility index (Phi) is 5.55. The molecule has 0 unspecified atom stereocenters. The number of carbonyl (C=O) groups excluding carboxylic acids is 2. The fraction of sp³-hybridized carbons (Fsp3) is 0.172. The van der Waals surface area contributed by atoms with Gasteiger partial charge in [-0.1, -0.05) is 18.6 Å². The van der Waals surface area contributed by atoms with E-state index in [4.69, 9.17) is 4.98 Å². The predicted octanol–water partition coefficient (Wildman–Crippen LogP) is 6.23. The van der Waals surface area contributed by atoms with Gasteiger partial charge in [-0.05, 0) is 50.1 Å². The second-order valence-electron chi connectivity index (χ2n) is 9.78. The molecule has 10 heteroatoms. The van der Waals surface area contributed by atoms with Crippen molar-refractivity contribution in [1.29, 1.82) is 0 Å². The van der Waals surface area contributed by atoms with Crippen LogP contribution in [0.4, 0.5) is 5.69 Å². The number of aromatic nitrogens is 6. The molecule has 5 aromatic heterocycles. The van der Waals surface area contributed by atoms with Gasteiger partial charge in [0.05, 0.1) is 33.2 Å². The van der Waals surface area contributed by atoms with Crippen LogP contribution in [0.25, 0.3) is 55.2 Å². The first kappa shape index (κ1) is 23.4. The molecule has 7 rings (SSSR count). The number of rotatable bonds is 6. The second-order valence-corrected chi connectivity index (χ2v) is 10.9. The maximum absolute atomic E-state index is 12.4. The van der Waals surface area contributed by atoms with Gasteiger partial charge in [0.1, 0.15) is 5.69 Å². The fourth-order valence-electron chi connectivity index (χ4n) is 4.84. The molecule has 6 aromatic rings. The number of Topliss-reactive ketones (excluding diaryl/α,β-unsaturated/α-hetero) is 1. The summed E-state index contributed by atoms with van der Waals surface area (Å²) in [6.07, 6.45) is 8.17. The topological polar surface area (TPSA) is 129 Å². The van der Waals surface area contributed by atoms with E-state index in [1.807, 2.05) is 42.5 Å². The number of aromatic amines is 2. The Morgan fingerprint density at radius 1 is 1.05 bits per heavy atom. The van der Waals surface area contributed by atoms with Crippen LogP contribution in [0.1, 0.15) is 35.9 Å². The van der Waals surface area contributed by atoms with Crippen LogP contribution in [0.2, 0.25) is 0 Å². The zero-order valence-corrected chi connectivity index (χ0v) is 21.8. The van der Waals surface area contributed by atoms with E-state index in [2.05, 4.69) is 30.5 Å². The van der Waals surface area contributed by atoms with Crippen LogP contribution in [0.5, 0.6) is 0 Å². The third-order valence-corrected chi connectivity index (χ3v) is 8.41. The van der Waals surface area contributed by atoms with E-state index >= 15 is 0 Å². The standard InChI is InChI=1S/C29H23N7O2S/c1-15(37)23-8-9-24(39-23)20-6-3-7-22-25(20)34-28(33-22)26-21-11-18(13-31-27(21)36-35-26)17-10-19(14-30-12-17)32-29(38)16-4-2-5-16/h3,6-14,16H,2,4-5H2,1H3,(H,32,38)(H,33,34)(H,31,35,36). The molecular formula is C29H23N7O2S. The van der Waals surface area contributed by atoms with Crippen LogP contribution in [0, 0.1) is 5.92 Å². The van der Waals surface area contributed by atoms with Gasteiger partial charge in [0, 0.05) is 39.9 Å². The summed E-state index contributed by atoms with van der Waals surface area (Å²) in [5.74, 6) is 0.815. The van der Waals surface area contributed by atoms with Crippen molar-refractivity contribution in [3.8, 4) is 33.1 Å². The average Bonchev–Trinajstić information content (AvgIpc) is 3.65. The van der Waals surface area contributed by atoms with Crippen LogP contribution in [-0.2, 0) is 4.79 Å². The van der Waals surface area contributed by atoms with Crippen LogP contribution in [0.3, 0.4) is 0 Å². The van der Waals surface area contributed by atoms with E-state index in [0.717, 1.165) is 62.1 Å². The summed E-state index contributed by atoms with van der Waals surface area (Å²) in [6, 6.07) is 13.7. The lowest BCUT2D eigenvalue weighted by Gasteiger charge is -2.24. The van der Waals surface area contributed by atoms with Crippen molar-refractivity contribution in [2.24, 2.45) is 5.92 Å². The van der Waals surface area contributed by atoms with E-state index in [-0.39, 0.29) is 17.6 Å². The summed E-state index contributed by atoms with van der Waals surface area (Å²) in [4.78, 5) is 43.2. The molecule has 1 aliphatic rings. The number of hydrogen-bond donors (Lipinski definition) is 3.